The number of rotatable bonds is 6. The average Bonchev–Trinajstić information content (AvgIpc) is 2.53. The van der Waals surface area contributed by atoms with Crippen LogP contribution in [-0.4, -0.2) is 11.1 Å². The minimum Gasteiger partial charge on any atom is -0.489 e. The minimum absolute atomic E-state index is 0.188. The zero-order valence-corrected chi connectivity index (χ0v) is 12.0. The van der Waals surface area contributed by atoms with Crippen molar-refractivity contribution in [3.8, 4) is 5.75 Å². The van der Waals surface area contributed by atoms with Crippen LogP contribution >= 0.6 is 0 Å². The van der Waals surface area contributed by atoms with Crippen LogP contribution in [0.3, 0.4) is 0 Å². The first kappa shape index (κ1) is 14.9. The van der Waals surface area contributed by atoms with Crippen molar-refractivity contribution in [2.24, 2.45) is 0 Å². The third kappa shape index (κ3) is 3.96. The maximum atomic E-state index is 10.9. The molecule has 0 saturated heterocycles. The van der Waals surface area contributed by atoms with Gasteiger partial charge < -0.3 is 9.84 Å². The molecule has 2 rings (SSSR count). The average molecular weight is 282 g/mol. The summed E-state index contributed by atoms with van der Waals surface area (Å²) in [6.07, 6.45) is 0. The summed E-state index contributed by atoms with van der Waals surface area (Å²) in [7, 11) is 0. The highest BCUT2D eigenvalue weighted by Crippen LogP contribution is 2.25. The summed E-state index contributed by atoms with van der Waals surface area (Å²) in [5.41, 5.74) is 2.21. The zero-order chi connectivity index (χ0) is 15.2. The quantitative estimate of drug-likeness (QED) is 0.814. The van der Waals surface area contributed by atoms with E-state index in [9.17, 15) is 4.79 Å². The molecule has 3 nitrogen and oxygen atoms in total. The Bertz CT molecular complexity index is 615. The van der Waals surface area contributed by atoms with Crippen molar-refractivity contribution in [1.29, 1.82) is 0 Å². The van der Waals surface area contributed by atoms with E-state index in [0.717, 1.165) is 16.9 Å². The molecule has 0 saturated carbocycles. The summed E-state index contributed by atoms with van der Waals surface area (Å²) in [5.74, 6) is -0.423. The number of hydrogen-bond donors (Lipinski definition) is 1. The molecule has 3 heteroatoms. The van der Waals surface area contributed by atoms with Gasteiger partial charge in [0.2, 0.25) is 0 Å². The van der Waals surface area contributed by atoms with E-state index in [1.54, 1.807) is 0 Å². The van der Waals surface area contributed by atoms with Crippen LogP contribution in [0.2, 0.25) is 0 Å². The molecular weight excluding hydrogens is 264 g/mol. The van der Waals surface area contributed by atoms with Gasteiger partial charge in [0.1, 0.15) is 12.4 Å². The van der Waals surface area contributed by atoms with Crippen LogP contribution in [0.4, 0.5) is 0 Å². The topological polar surface area (TPSA) is 46.5 Å². The van der Waals surface area contributed by atoms with Crippen molar-refractivity contribution in [3.05, 3.63) is 77.9 Å². The summed E-state index contributed by atoms with van der Waals surface area (Å²) >= 11 is 0. The highest BCUT2D eigenvalue weighted by atomic mass is 16.5. The van der Waals surface area contributed by atoms with Crippen LogP contribution in [-0.2, 0) is 11.4 Å². The molecule has 0 heterocycles. The molecule has 2 aromatic carbocycles. The van der Waals surface area contributed by atoms with Crippen LogP contribution in [0.1, 0.15) is 24.0 Å². The van der Waals surface area contributed by atoms with Crippen molar-refractivity contribution in [3.63, 3.8) is 0 Å². The van der Waals surface area contributed by atoms with E-state index >= 15 is 0 Å². The standard InChI is InChI=1S/C18H18O3/c1-13(14(2)18(19)20)16-8-10-17(11-9-16)21-12-15-6-4-3-5-7-15/h3-11,13H,2,12H2,1H3,(H,19,20)/t13-/m1/s1. The molecule has 0 bridgehead atoms. The predicted molar refractivity (Wildman–Crippen MR) is 82.4 cm³/mol. The van der Waals surface area contributed by atoms with Gasteiger partial charge in [-0.15, -0.1) is 0 Å². The van der Waals surface area contributed by atoms with Crippen LogP contribution < -0.4 is 4.74 Å². The molecule has 0 unspecified atom stereocenters. The van der Waals surface area contributed by atoms with Gasteiger partial charge in [-0.3, -0.25) is 0 Å². The third-order valence-electron chi connectivity index (χ3n) is 3.43. The minimum atomic E-state index is -0.966. The Morgan fingerprint density at radius 1 is 1.14 bits per heavy atom. The van der Waals surface area contributed by atoms with Crippen molar-refractivity contribution in [2.75, 3.05) is 0 Å². The molecule has 0 aliphatic carbocycles. The summed E-state index contributed by atoms with van der Waals surface area (Å²) in [4.78, 5) is 10.9. The van der Waals surface area contributed by atoms with Crippen LogP contribution in [0, 0.1) is 0 Å². The maximum absolute atomic E-state index is 10.9. The molecule has 1 atom stereocenters. The molecule has 0 aliphatic heterocycles. The van der Waals surface area contributed by atoms with Gasteiger partial charge in [0.05, 0.1) is 0 Å². The number of carbonyl (C=O) groups is 1. The molecular formula is C18H18O3. The highest BCUT2D eigenvalue weighted by Gasteiger charge is 2.15. The SMILES string of the molecule is C=C(C(=O)O)[C@@H](C)c1ccc(OCc2ccccc2)cc1. The molecule has 2 aromatic rings. The predicted octanol–water partition coefficient (Wildman–Crippen LogP) is 4.01. The number of aliphatic carboxylic acids is 1. The number of carboxylic acid groups (broad SMARTS) is 1. The number of benzene rings is 2. The fourth-order valence-electron chi connectivity index (χ4n) is 1.98. The molecule has 1 N–H and O–H groups in total. The van der Waals surface area contributed by atoms with Gasteiger partial charge in [0, 0.05) is 11.5 Å². The second kappa shape index (κ2) is 6.75. The molecule has 0 aliphatic rings. The fourth-order valence-corrected chi connectivity index (χ4v) is 1.98. The van der Waals surface area contributed by atoms with Gasteiger partial charge in [0.15, 0.2) is 0 Å². The highest BCUT2D eigenvalue weighted by molar-refractivity contribution is 5.87. The largest absolute Gasteiger partial charge is 0.489 e. The lowest BCUT2D eigenvalue weighted by atomic mass is 9.94. The van der Waals surface area contributed by atoms with Crippen molar-refractivity contribution in [1.82, 2.24) is 0 Å². The Morgan fingerprint density at radius 3 is 2.33 bits per heavy atom. The molecule has 0 radical (unpaired) electrons. The van der Waals surface area contributed by atoms with Gasteiger partial charge in [-0.1, -0.05) is 56.0 Å². The van der Waals surface area contributed by atoms with Crippen LogP contribution in [0.25, 0.3) is 0 Å². The zero-order valence-electron chi connectivity index (χ0n) is 12.0. The molecule has 21 heavy (non-hydrogen) atoms. The van der Waals surface area contributed by atoms with E-state index in [1.807, 2.05) is 61.5 Å². The fraction of sp³-hybridized carbons (Fsp3) is 0.167. The Hall–Kier alpha value is -2.55. The Labute approximate surface area is 124 Å². The van der Waals surface area contributed by atoms with Gasteiger partial charge in [-0.25, -0.2) is 4.79 Å². The molecule has 0 spiro atoms. The number of carboxylic acids is 1. The first-order valence-corrected chi connectivity index (χ1v) is 6.76. The number of ether oxygens (including phenoxy) is 1. The van der Waals surface area contributed by atoms with E-state index in [0.29, 0.717) is 6.61 Å². The first-order valence-electron chi connectivity index (χ1n) is 6.76. The van der Waals surface area contributed by atoms with Gasteiger partial charge >= 0.3 is 5.97 Å². The molecule has 0 aromatic heterocycles. The van der Waals surface area contributed by atoms with Gasteiger partial charge in [-0.2, -0.15) is 0 Å². The van der Waals surface area contributed by atoms with Crippen molar-refractivity contribution < 1.29 is 14.6 Å². The second-order valence-electron chi connectivity index (χ2n) is 4.90. The monoisotopic (exact) mass is 282 g/mol. The lowest BCUT2D eigenvalue weighted by Crippen LogP contribution is -2.07. The van der Waals surface area contributed by atoms with Crippen molar-refractivity contribution in [2.45, 2.75) is 19.4 Å². The summed E-state index contributed by atoms with van der Waals surface area (Å²) in [6, 6.07) is 17.4. The Morgan fingerprint density at radius 2 is 1.76 bits per heavy atom. The summed E-state index contributed by atoms with van der Waals surface area (Å²) in [5, 5.41) is 8.95. The van der Waals surface area contributed by atoms with Crippen LogP contribution in [0.5, 0.6) is 5.75 Å². The van der Waals surface area contributed by atoms with Crippen LogP contribution in [0.15, 0.2) is 66.7 Å². The van der Waals surface area contributed by atoms with E-state index in [4.69, 9.17) is 9.84 Å². The molecule has 0 amide bonds. The summed E-state index contributed by atoms with van der Waals surface area (Å²) < 4.78 is 5.70. The first-order chi connectivity index (χ1) is 10.1. The molecule has 0 fully saturated rings. The lowest BCUT2D eigenvalue weighted by molar-refractivity contribution is -0.132. The Kier molecular flexibility index (Phi) is 4.77. The van der Waals surface area contributed by atoms with E-state index < -0.39 is 5.97 Å². The number of hydrogen-bond acceptors (Lipinski definition) is 2. The smallest absolute Gasteiger partial charge is 0.331 e. The normalized spacial score (nSPS) is 11.7. The van der Waals surface area contributed by atoms with Gasteiger partial charge in [-0.05, 0) is 23.3 Å². The Balaban J connectivity index is 1.99. The van der Waals surface area contributed by atoms with E-state index in [-0.39, 0.29) is 11.5 Å². The van der Waals surface area contributed by atoms with E-state index in [1.165, 1.54) is 0 Å². The molecule has 108 valence electrons. The summed E-state index contributed by atoms with van der Waals surface area (Å²) in [6.45, 7) is 5.94. The van der Waals surface area contributed by atoms with E-state index in [2.05, 4.69) is 6.58 Å². The lowest BCUT2D eigenvalue weighted by Gasteiger charge is -2.13. The maximum Gasteiger partial charge on any atom is 0.331 e. The second-order valence-corrected chi connectivity index (χ2v) is 4.90. The third-order valence-corrected chi connectivity index (χ3v) is 3.43. The van der Waals surface area contributed by atoms with Gasteiger partial charge in [0.25, 0.3) is 0 Å². The van der Waals surface area contributed by atoms with Crippen molar-refractivity contribution >= 4 is 5.97 Å².